The van der Waals surface area contributed by atoms with E-state index in [0.29, 0.717) is 5.75 Å². The van der Waals surface area contributed by atoms with Crippen molar-refractivity contribution in [2.75, 3.05) is 0 Å². The summed E-state index contributed by atoms with van der Waals surface area (Å²) in [7, 11) is -1.26. The zero-order valence-corrected chi connectivity index (χ0v) is 19.9. The first-order chi connectivity index (χ1) is 10.0. The van der Waals surface area contributed by atoms with Crippen LogP contribution in [0.1, 0.15) is 32.8 Å². The summed E-state index contributed by atoms with van der Waals surface area (Å²) in [5.41, 5.74) is 2.42. The molecule has 1 aromatic rings. The topological polar surface area (TPSA) is 20.2 Å². The molecule has 5 heteroatoms. The van der Waals surface area contributed by atoms with Gasteiger partial charge in [-0.05, 0) is 24.6 Å². The van der Waals surface area contributed by atoms with Crippen LogP contribution in [0.15, 0.2) is 35.9 Å². The van der Waals surface area contributed by atoms with Gasteiger partial charge in [0.15, 0.2) is 0 Å². The van der Waals surface area contributed by atoms with E-state index in [1.807, 2.05) is 13.0 Å². The van der Waals surface area contributed by atoms with Crippen LogP contribution in [-0.4, -0.2) is 17.0 Å². The Kier molecular flexibility index (Phi) is 16.8. The molecule has 0 aliphatic heterocycles. The molecule has 0 amide bonds. The molecule has 1 aliphatic carbocycles. The number of allylic oxidation sites excluding steroid dienone is 4. The minimum atomic E-state index is -1.26. The number of aromatic hydroxyl groups is 1. The van der Waals surface area contributed by atoms with Crippen molar-refractivity contribution in [3.8, 4) is 5.75 Å². The van der Waals surface area contributed by atoms with Gasteiger partial charge < -0.3 is 29.9 Å². The molecule has 1 nitrogen and oxygen atoms in total. The molecule has 0 atom stereocenters. The molecule has 0 saturated carbocycles. The molecule has 0 saturated heterocycles. The second-order valence-electron chi connectivity index (χ2n) is 6.77. The molecular weight excluding hydrogens is 391 g/mol. The number of benzene rings is 1. The number of aryl methyl sites for hydroxylation is 1. The first kappa shape index (κ1) is 28.7. The van der Waals surface area contributed by atoms with Crippen molar-refractivity contribution in [3.05, 3.63) is 47.6 Å². The minimum absolute atomic E-state index is 0. The standard InChI is InChI=1S/C10H16OSi.C6H7.C3H6.2ClH.Ti/c1-8-5-9(11)7-10(6-8)12(2,3)4;1-6-4-2-3-5-6;1-3-2;;;/h5-7,11H,1-4H3;2,4H,3H2,1H3;1-2H3;2*1H;/q;-1;;;;+1/p-2. The number of rotatable bonds is 1. The van der Waals surface area contributed by atoms with Crippen LogP contribution in [0.3, 0.4) is 0 Å². The van der Waals surface area contributed by atoms with Crippen molar-refractivity contribution >= 4 is 17.1 Å². The fourth-order valence-corrected chi connectivity index (χ4v) is 2.95. The van der Waals surface area contributed by atoms with Crippen molar-refractivity contribution < 1.29 is 49.9 Å². The molecule has 1 aromatic carbocycles. The molecule has 0 radical (unpaired) electrons. The van der Waals surface area contributed by atoms with E-state index in [-0.39, 0.29) is 24.8 Å². The summed E-state index contributed by atoms with van der Waals surface area (Å²) in [6.45, 7) is 15.1. The van der Waals surface area contributed by atoms with E-state index in [2.05, 4.69) is 84.7 Å². The fraction of sp³-hybridized carbons (Fsp3) is 0.421. The third kappa shape index (κ3) is 15.4. The largest absolute Gasteiger partial charge is 1.00 e. The van der Waals surface area contributed by atoms with Crippen LogP contribution in [0.4, 0.5) is 0 Å². The van der Waals surface area contributed by atoms with Crippen molar-refractivity contribution in [2.45, 2.75) is 53.8 Å². The van der Waals surface area contributed by atoms with Crippen molar-refractivity contribution in [1.82, 2.24) is 0 Å². The normalized spacial score (nSPS) is 11.6. The summed E-state index contributed by atoms with van der Waals surface area (Å²) in [6, 6.07) is 5.86. The van der Waals surface area contributed by atoms with Gasteiger partial charge in [0.1, 0.15) is 5.75 Å². The predicted octanol–water partition coefficient (Wildman–Crippen LogP) is -1.30. The second kappa shape index (κ2) is 14.1. The zero-order chi connectivity index (χ0) is 17.3. The summed E-state index contributed by atoms with van der Waals surface area (Å²) in [5, 5.41) is 10.7. The minimum Gasteiger partial charge on any atom is -1.00 e. The van der Waals surface area contributed by atoms with Gasteiger partial charge in [0.2, 0.25) is 0 Å². The average molecular weight is 420 g/mol. The molecule has 1 N–H and O–H groups in total. The monoisotopic (exact) mass is 419 g/mol. The first-order valence-corrected chi connectivity index (χ1v) is 11.9. The van der Waals surface area contributed by atoms with Gasteiger partial charge in [-0.1, -0.05) is 37.8 Å². The van der Waals surface area contributed by atoms with Crippen molar-refractivity contribution in [3.63, 3.8) is 0 Å². The molecule has 0 spiro atoms. The van der Waals surface area contributed by atoms with E-state index in [0.717, 1.165) is 12.0 Å². The maximum absolute atomic E-state index is 9.38. The third-order valence-corrected chi connectivity index (χ3v) is 4.82. The second-order valence-corrected chi connectivity index (χ2v) is 13.4. The van der Waals surface area contributed by atoms with E-state index in [9.17, 15) is 5.11 Å². The van der Waals surface area contributed by atoms with E-state index in [4.69, 9.17) is 0 Å². The van der Waals surface area contributed by atoms with Gasteiger partial charge in [0, 0.05) is 0 Å². The summed E-state index contributed by atoms with van der Waals surface area (Å²) >= 11 is 2.08. The Morgan fingerprint density at radius 3 is 1.83 bits per heavy atom. The van der Waals surface area contributed by atoms with E-state index in [1.54, 1.807) is 6.07 Å². The van der Waals surface area contributed by atoms with Gasteiger partial charge in [-0.25, -0.2) is 11.6 Å². The molecule has 0 unspecified atom stereocenters. The number of phenolic OH excluding ortho intramolecular Hbond substituents is 1. The number of hydrogen-bond donors (Lipinski definition) is 1. The van der Waals surface area contributed by atoms with Crippen LogP contribution in [0.2, 0.25) is 19.6 Å². The molecule has 0 fully saturated rings. The predicted molar refractivity (Wildman–Crippen MR) is 98.4 cm³/mol. The fourth-order valence-electron chi connectivity index (χ4n) is 1.71. The van der Waals surface area contributed by atoms with Gasteiger partial charge in [0.25, 0.3) is 0 Å². The van der Waals surface area contributed by atoms with Crippen LogP contribution in [0.25, 0.3) is 0 Å². The number of hydrogen-bond acceptors (Lipinski definition) is 1. The Morgan fingerprint density at radius 2 is 1.58 bits per heavy atom. The Balaban J connectivity index is -0.000000311. The molecule has 135 valence electrons. The van der Waals surface area contributed by atoms with Crippen molar-refractivity contribution in [2.24, 2.45) is 0 Å². The average Bonchev–Trinajstić information content (AvgIpc) is 2.78. The Labute approximate surface area is 173 Å². The van der Waals surface area contributed by atoms with E-state index in [1.165, 1.54) is 14.6 Å². The molecule has 1 aliphatic rings. The van der Waals surface area contributed by atoms with Gasteiger partial charge in [-0.3, -0.25) is 6.08 Å². The molecule has 0 aromatic heterocycles. The number of phenols is 1. The molecule has 0 bridgehead atoms. The summed E-state index contributed by atoms with van der Waals surface area (Å²) in [5.74, 6) is 0.396. The van der Waals surface area contributed by atoms with Crippen LogP contribution >= 0.6 is 0 Å². The van der Waals surface area contributed by atoms with E-state index >= 15 is 0 Å². The van der Waals surface area contributed by atoms with Gasteiger partial charge >= 0.3 is 37.6 Å². The smallest absolute Gasteiger partial charge is 0.115 e. The van der Waals surface area contributed by atoms with Gasteiger partial charge in [-0.15, -0.1) is 6.42 Å². The Hall–Kier alpha value is -0.119. The van der Waals surface area contributed by atoms with Crippen LogP contribution in [0.5, 0.6) is 5.75 Å². The van der Waals surface area contributed by atoms with Crippen LogP contribution in [-0.2, 0) is 20.0 Å². The number of halogens is 2. The van der Waals surface area contributed by atoms with Gasteiger partial charge in [0.05, 0.1) is 8.07 Å². The summed E-state index contributed by atoms with van der Waals surface area (Å²) < 4.78 is 1.42. The molecule has 24 heavy (non-hydrogen) atoms. The van der Waals surface area contributed by atoms with E-state index < -0.39 is 8.07 Å². The summed E-state index contributed by atoms with van der Waals surface area (Å²) in [4.78, 5) is 0. The zero-order valence-electron chi connectivity index (χ0n) is 15.8. The third-order valence-electron chi connectivity index (χ3n) is 2.79. The van der Waals surface area contributed by atoms with Gasteiger partial charge in [-0.2, -0.15) is 6.08 Å². The molecular formula is C19H29Cl2OSiTi-2. The summed E-state index contributed by atoms with van der Waals surface area (Å²) in [6.07, 6.45) is 8.33. The first-order valence-electron chi connectivity index (χ1n) is 7.59. The molecule has 0 heterocycles. The van der Waals surface area contributed by atoms with Crippen molar-refractivity contribution in [1.29, 1.82) is 0 Å². The Bertz CT molecular complexity index is 534. The quantitative estimate of drug-likeness (QED) is 0.443. The SMILES string of the molecule is CC1=[C-]CC=C1.C[C](C)=[Ti+].Cc1cc(O)cc([Si](C)(C)C)c1.[Cl-].[Cl-]. The van der Waals surface area contributed by atoms with Crippen LogP contribution in [0, 0.1) is 13.0 Å². The Morgan fingerprint density at radius 1 is 1.08 bits per heavy atom. The maximum Gasteiger partial charge on any atom is 0.115 e. The van der Waals surface area contributed by atoms with Crippen LogP contribution < -0.4 is 30.0 Å². The maximum atomic E-state index is 9.38. The molecule has 2 rings (SSSR count).